The van der Waals surface area contributed by atoms with Crippen molar-refractivity contribution in [3.05, 3.63) is 12.2 Å². The Morgan fingerprint density at radius 3 is 2.27 bits per heavy atom. The molecule has 0 aromatic rings. The quantitative estimate of drug-likeness (QED) is 0.718. The molecular formula is C20H34O2. The van der Waals surface area contributed by atoms with Crippen LogP contribution in [-0.2, 0) is 4.79 Å². The summed E-state index contributed by atoms with van der Waals surface area (Å²) in [4.78, 5) is 11.4. The van der Waals surface area contributed by atoms with E-state index in [9.17, 15) is 9.90 Å². The first-order chi connectivity index (χ1) is 10.1. The highest BCUT2D eigenvalue weighted by molar-refractivity contribution is 5.82. The maximum atomic E-state index is 11.4. The Hall–Kier alpha value is -0.630. The third-order valence-corrected chi connectivity index (χ3v) is 6.59. The molecule has 0 amide bonds. The molecule has 0 radical (unpaired) electrons. The van der Waals surface area contributed by atoms with Crippen LogP contribution in [0.15, 0.2) is 12.2 Å². The minimum absolute atomic E-state index is 0.202. The molecule has 2 heteroatoms. The van der Waals surface area contributed by atoms with Gasteiger partial charge in [0, 0.05) is 12.3 Å². The van der Waals surface area contributed by atoms with Gasteiger partial charge in [0.15, 0.2) is 0 Å². The lowest BCUT2D eigenvalue weighted by Crippen LogP contribution is -2.53. The van der Waals surface area contributed by atoms with E-state index in [0.29, 0.717) is 34.9 Å². The molecule has 5 atom stereocenters. The first-order valence-corrected chi connectivity index (χ1v) is 9.04. The molecule has 2 bridgehead atoms. The highest BCUT2D eigenvalue weighted by atomic mass is 16.3. The maximum absolute atomic E-state index is 11.4. The summed E-state index contributed by atoms with van der Waals surface area (Å²) in [5.41, 5.74) is 1.51. The summed E-state index contributed by atoms with van der Waals surface area (Å²) >= 11 is 0. The third kappa shape index (κ3) is 3.32. The van der Waals surface area contributed by atoms with Gasteiger partial charge >= 0.3 is 0 Å². The number of aliphatic hydroxyl groups excluding tert-OH is 1. The van der Waals surface area contributed by atoms with Crippen molar-refractivity contribution in [3.8, 4) is 0 Å². The third-order valence-electron chi connectivity index (χ3n) is 6.59. The van der Waals surface area contributed by atoms with Crippen LogP contribution in [0, 0.1) is 35.0 Å². The van der Waals surface area contributed by atoms with Gasteiger partial charge in [0.25, 0.3) is 0 Å². The van der Waals surface area contributed by atoms with E-state index >= 15 is 0 Å². The van der Waals surface area contributed by atoms with Crippen molar-refractivity contribution in [1.82, 2.24) is 0 Å². The number of fused-ring (bicyclic) bond motifs is 2. The summed E-state index contributed by atoms with van der Waals surface area (Å²) < 4.78 is 0. The molecule has 4 aliphatic rings. The van der Waals surface area contributed by atoms with Gasteiger partial charge in [-0.1, -0.05) is 41.2 Å². The Balaban J connectivity index is 0.000000160. The van der Waals surface area contributed by atoms with Gasteiger partial charge in [0.05, 0.1) is 6.10 Å². The van der Waals surface area contributed by atoms with Crippen LogP contribution in [0.25, 0.3) is 0 Å². The van der Waals surface area contributed by atoms with Gasteiger partial charge in [0.2, 0.25) is 0 Å². The first kappa shape index (κ1) is 17.7. The lowest BCUT2D eigenvalue weighted by Gasteiger charge is -2.59. The number of hydrogen-bond donors (Lipinski definition) is 1. The van der Waals surface area contributed by atoms with Crippen LogP contribution in [0.5, 0.6) is 0 Å². The van der Waals surface area contributed by atoms with Crippen molar-refractivity contribution in [3.63, 3.8) is 0 Å². The Morgan fingerprint density at radius 1 is 1.23 bits per heavy atom. The van der Waals surface area contributed by atoms with Crippen molar-refractivity contribution in [1.29, 1.82) is 0 Å². The summed E-state index contributed by atoms with van der Waals surface area (Å²) in [6.07, 6.45) is 5.20. The summed E-state index contributed by atoms with van der Waals surface area (Å²) in [5, 5.41) is 9.51. The molecule has 22 heavy (non-hydrogen) atoms. The number of ketones is 1. The molecule has 0 aromatic heterocycles. The van der Waals surface area contributed by atoms with Crippen LogP contribution < -0.4 is 0 Å². The second kappa shape index (κ2) is 6.47. The zero-order valence-electron chi connectivity index (χ0n) is 15.1. The average Bonchev–Trinajstić information content (AvgIpc) is 2.41. The molecule has 0 saturated heterocycles. The van der Waals surface area contributed by atoms with Gasteiger partial charge < -0.3 is 5.11 Å². The Morgan fingerprint density at radius 2 is 1.86 bits per heavy atom. The molecule has 0 spiro atoms. The van der Waals surface area contributed by atoms with Crippen molar-refractivity contribution in [2.75, 3.05) is 0 Å². The van der Waals surface area contributed by atoms with E-state index < -0.39 is 0 Å². The van der Waals surface area contributed by atoms with Gasteiger partial charge in [-0.15, -0.1) is 0 Å². The number of carbonyl (C=O) groups excluding carboxylic acids is 1. The predicted molar refractivity (Wildman–Crippen MR) is 91.5 cm³/mol. The summed E-state index contributed by atoms with van der Waals surface area (Å²) in [5.74, 6) is 3.39. The van der Waals surface area contributed by atoms with Crippen molar-refractivity contribution in [2.24, 2.45) is 35.0 Å². The Labute approximate surface area is 136 Å². The fourth-order valence-corrected chi connectivity index (χ4v) is 4.63. The highest BCUT2D eigenvalue weighted by Crippen LogP contribution is 2.60. The highest BCUT2D eigenvalue weighted by Gasteiger charge is 2.54. The Bertz CT molecular complexity index is 435. The fraction of sp³-hybridized carbons (Fsp3) is 0.850. The number of Topliss-reactive ketones (excluding diaryl/α,β-unsaturated/α-hetero) is 1. The number of aliphatic hydroxyl groups is 1. The predicted octanol–water partition coefficient (Wildman–Crippen LogP) is 4.62. The van der Waals surface area contributed by atoms with Gasteiger partial charge in [0.1, 0.15) is 5.78 Å². The zero-order chi connectivity index (χ0) is 16.7. The number of hydrogen-bond acceptors (Lipinski definition) is 2. The molecule has 1 N–H and O–H groups in total. The molecule has 4 aliphatic carbocycles. The first-order valence-electron chi connectivity index (χ1n) is 9.04. The Kier molecular flexibility index (Phi) is 5.21. The minimum atomic E-state index is -0.202. The maximum Gasteiger partial charge on any atom is 0.136 e. The summed E-state index contributed by atoms with van der Waals surface area (Å²) in [7, 11) is 0. The molecule has 126 valence electrons. The normalized spacial score (nSPS) is 39.9. The largest absolute Gasteiger partial charge is 0.389 e. The standard InChI is InChI=1S/C10H16O.C10H18O/c1-6-8-4-7(5-9(6)11)10(8,2)3;1-7(2)9-5-4-8(3)6-10(9)11/h7-9,11H,1,4-5H2,2-3H3;7-9H,4-6H2,1-3H3/t7-,8+,9+;8-,9+/m00/s1. The van der Waals surface area contributed by atoms with Crippen molar-refractivity contribution in [2.45, 2.75) is 72.8 Å². The molecule has 4 saturated carbocycles. The molecule has 0 aromatic carbocycles. The van der Waals surface area contributed by atoms with Crippen molar-refractivity contribution < 1.29 is 9.90 Å². The lowest BCUT2D eigenvalue weighted by molar-refractivity contribution is -0.127. The van der Waals surface area contributed by atoms with E-state index in [1.165, 1.54) is 12.8 Å². The van der Waals surface area contributed by atoms with E-state index in [1.807, 2.05) is 0 Å². The monoisotopic (exact) mass is 306 g/mol. The van der Waals surface area contributed by atoms with E-state index in [4.69, 9.17) is 0 Å². The second-order valence-corrected chi connectivity index (χ2v) is 8.84. The van der Waals surface area contributed by atoms with E-state index in [2.05, 4.69) is 41.2 Å². The van der Waals surface area contributed by atoms with Crippen molar-refractivity contribution >= 4 is 5.78 Å². The number of rotatable bonds is 1. The summed E-state index contributed by atoms with van der Waals surface area (Å²) in [6.45, 7) is 15.0. The smallest absolute Gasteiger partial charge is 0.136 e. The topological polar surface area (TPSA) is 37.3 Å². The SMILES string of the molecule is C=C1[C@H](O)C[C@@H]2C[C@H]1C2(C)C.CC(C)[C@H]1CC[C@H](C)CC1=O. The molecule has 2 nitrogen and oxygen atoms in total. The number of carbonyl (C=O) groups is 1. The van der Waals surface area contributed by atoms with Crippen LogP contribution in [0.2, 0.25) is 0 Å². The van der Waals surface area contributed by atoms with Crippen LogP contribution in [0.1, 0.15) is 66.7 Å². The molecular weight excluding hydrogens is 272 g/mol. The lowest BCUT2D eigenvalue weighted by atomic mass is 9.47. The molecule has 0 aliphatic heterocycles. The fourth-order valence-electron chi connectivity index (χ4n) is 4.63. The van der Waals surface area contributed by atoms with Gasteiger partial charge in [-0.3, -0.25) is 4.79 Å². The molecule has 0 heterocycles. The molecule has 4 fully saturated rings. The van der Waals surface area contributed by atoms with Gasteiger partial charge in [-0.05, 0) is 60.3 Å². The van der Waals surface area contributed by atoms with E-state index in [0.717, 1.165) is 30.8 Å². The summed E-state index contributed by atoms with van der Waals surface area (Å²) in [6, 6.07) is 0. The average molecular weight is 306 g/mol. The van der Waals surface area contributed by atoms with Gasteiger partial charge in [-0.2, -0.15) is 0 Å². The van der Waals surface area contributed by atoms with Crippen LogP contribution in [0.4, 0.5) is 0 Å². The van der Waals surface area contributed by atoms with Crippen LogP contribution >= 0.6 is 0 Å². The second-order valence-electron chi connectivity index (χ2n) is 8.84. The van der Waals surface area contributed by atoms with E-state index in [-0.39, 0.29) is 6.10 Å². The van der Waals surface area contributed by atoms with Crippen LogP contribution in [-0.4, -0.2) is 17.0 Å². The van der Waals surface area contributed by atoms with Crippen LogP contribution in [0.3, 0.4) is 0 Å². The zero-order valence-corrected chi connectivity index (χ0v) is 15.1. The molecule has 4 rings (SSSR count). The minimum Gasteiger partial charge on any atom is -0.389 e. The van der Waals surface area contributed by atoms with Gasteiger partial charge in [-0.25, -0.2) is 0 Å². The van der Waals surface area contributed by atoms with E-state index in [1.54, 1.807) is 0 Å². The molecule has 0 unspecified atom stereocenters.